The van der Waals surface area contributed by atoms with Crippen LogP contribution in [-0.2, 0) is 6.18 Å². The van der Waals surface area contributed by atoms with E-state index in [9.17, 15) is 18.0 Å². The molecule has 2 aromatic carbocycles. The highest BCUT2D eigenvalue weighted by Gasteiger charge is 2.32. The molecule has 120 valence electrons. The Labute approximate surface area is 129 Å². The number of halogens is 3. The van der Waals surface area contributed by atoms with Crippen molar-refractivity contribution in [3.8, 4) is 11.5 Å². The number of aryl methyl sites for hydroxylation is 1. The largest absolute Gasteiger partial charge is 0.454 e. The summed E-state index contributed by atoms with van der Waals surface area (Å²) in [7, 11) is 0. The zero-order valence-electron chi connectivity index (χ0n) is 12.0. The number of alkyl halides is 3. The van der Waals surface area contributed by atoms with Gasteiger partial charge >= 0.3 is 6.18 Å². The van der Waals surface area contributed by atoms with Crippen molar-refractivity contribution in [3.63, 3.8) is 0 Å². The Balaban J connectivity index is 1.83. The van der Waals surface area contributed by atoms with Crippen LogP contribution >= 0.6 is 0 Å². The second-order valence-electron chi connectivity index (χ2n) is 5.05. The van der Waals surface area contributed by atoms with E-state index < -0.39 is 17.6 Å². The average Bonchev–Trinajstić information content (AvgIpc) is 2.95. The van der Waals surface area contributed by atoms with E-state index in [1.807, 2.05) is 0 Å². The molecule has 2 aromatic rings. The van der Waals surface area contributed by atoms with Gasteiger partial charge in [0.2, 0.25) is 6.79 Å². The standard InChI is InChI=1S/C16H12F3NO3/c1-9-2-4-11(7-12(9)16(17,18)19)20-15(21)10-3-5-13-14(6-10)23-8-22-13/h2-7H,8H2,1H3,(H,20,21). The van der Waals surface area contributed by atoms with Crippen LogP contribution in [0.2, 0.25) is 0 Å². The van der Waals surface area contributed by atoms with Crippen LogP contribution in [0.3, 0.4) is 0 Å². The maximum atomic E-state index is 12.9. The summed E-state index contributed by atoms with van der Waals surface area (Å²) < 4.78 is 49.0. The van der Waals surface area contributed by atoms with Gasteiger partial charge in [-0.2, -0.15) is 13.2 Å². The summed E-state index contributed by atoms with van der Waals surface area (Å²) in [4.78, 5) is 12.2. The number of hydrogen-bond acceptors (Lipinski definition) is 3. The molecule has 0 fully saturated rings. The molecule has 0 spiro atoms. The lowest BCUT2D eigenvalue weighted by atomic mass is 10.1. The van der Waals surface area contributed by atoms with Gasteiger partial charge in [-0.25, -0.2) is 0 Å². The Morgan fingerprint density at radius 1 is 1.09 bits per heavy atom. The predicted molar refractivity (Wildman–Crippen MR) is 76.7 cm³/mol. The van der Waals surface area contributed by atoms with Crippen LogP contribution in [0.5, 0.6) is 11.5 Å². The number of fused-ring (bicyclic) bond motifs is 1. The number of benzene rings is 2. The molecule has 0 atom stereocenters. The average molecular weight is 323 g/mol. The lowest BCUT2D eigenvalue weighted by Crippen LogP contribution is -2.14. The molecule has 1 N–H and O–H groups in total. The van der Waals surface area contributed by atoms with E-state index in [0.717, 1.165) is 6.07 Å². The van der Waals surface area contributed by atoms with Crippen LogP contribution < -0.4 is 14.8 Å². The van der Waals surface area contributed by atoms with Crippen molar-refractivity contribution in [2.24, 2.45) is 0 Å². The van der Waals surface area contributed by atoms with Gasteiger partial charge in [0.15, 0.2) is 11.5 Å². The Bertz CT molecular complexity index is 772. The fourth-order valence-corrected chi connectivity index (χ4v) is 2.25. The second kappa shape index (κ2) is 5.49. The summed E-state index contributed by atoms with van der Waals surface area (Å²) in [6.07, 6.45) is -4.47. The molecule has 0 aliphatic carbocycles. The van der Waals surface area contributed by atoms with E-state index in [0.29, 0.717) is 11.5 Å². The fourth-order valence-electron chi connectivity index (χ4n) is 2.25. The molecular weight excluding hydrogens is 311 g/mol. The number of carbonyl (C=O) groups is 1. The molecule has 0 aromatic heterocycles. The maximum Gasteiger partial charge on any atom is 0.416 e. The third kappa shape index (κ3) is 3.08. The van der Waals surface area contributed by atoms with Crippen LogP contribution in [0.4, 0.5) is 18.9 Å². The zero-order valence-corrected chi connectivity index (χ0v) is 12.0. The summed E-state index contributed by atoms with van der Waals surface area (Å²) in [6.45, 7) is 1.44. The third-order valence-electron chi connectivity index (χ3n) is 3.44. The summed E-state index contributed by atoms with van der Waals surface area (Å²) in [5.74, 6) is 0.425. The number of hydrogen-bond donors (Lipinski definition) is 1. The predicted octanol–water partition coefficient (Wildman–Crippen LogP) is 3.99. The van der Waals surface area contributed by atoms with Gasteiger partial charge < -0.3 is 14.8 Å². The van der Waals surface area contributed by atoms with Crippen molar-refractivity contribution in [2.75, 3.05) is 12.1 Å². The Hall–Kier alpha value is -2.70. The van der Waals surface area contributed by atoms with Crippen LogP contribution in [-0.4, -0.2) is 12.7 Å². The highest BCUT2D eigenvalue weighted by Crippen LogP contribution is 2.34. The smallest absolute Gasteiger partial charge is 0.416 e. The molecule has 1 aliphatic rings. The fraction of sp³-hybridized carbons (Fsp3) is 0.188. The molecule has 0 saturated carbocycles. The topological polar surface area (TPSA) is 47.6 Å². The zero-order chi connectivity index (χ0) is 16.6. The van der Waals surface area contributed by atoms with Crippen molar-refractivity contribution in [3.05, 3.63) is 53.1 Å². The Morgan fingerprint density at radius 3 is 2.57 bits per heavy atom. The van der Waals surface area contributed by atoms with Crippen molar-refractivity contribution in [1.29, 1.82) is 0 Å². The van der Waals surface area contributed by atoms with Crippen molar-refractivity contribution < 1.29 is 27.4 Å². The first kappa shape index (κ1) is 15.2. The molecule has 4 nitrogen and oxygen atoms in total. The number of ether oxygens (including phenoxy) is 2. The number of anilines is 1. The number of carbonyl (C=O) groups excluding carboxylic acids is 1. The Morgan fingerprint density at radius 2 is 1.83 bits per heavy atom. The van der Waals surface area contributed by atoms with Crippen molar-refractivity contribution in [2.45, 2.75) is 13.1 Å². The molecule has 1 aliphatic heterocycles. The maximum absolute atomic E-state index is 12.9. The molecule has 23 heavy (non-hydrogen) atoms. The number of nitrogens with one attached hydrogen (secondary N) is 1. The van der Waals surface area contributed by atoms with Gasteiger partial charge in [-0.3, -0.25) is 4.79 Å². The summed E-state index contributed by atoms with van der Waals surface area (Å²) in [5, 5.41) is 2.45. The van der Waals surface area contributed by atoms with Crippen LogP contribution in [0.1, 0.15) is 21.5 Å². The highest BCUT2D eigenvalue weighted by atomic mass is 19.4. The molecule has 0 unspecified atom stereocenters. The summed E-state index contributed by atoms with van der Waals surface area (Å²) in [6, 6.07) is 8.24. The molecule has 0 saturated heterocycles. The molecule has 0 radical (unpaired) electrons. The van der Waals surface area contributed by atoms with Gasteiger partial charge in [0.25, 0.3) is 5.91 Å². The summed E-state index contributed by atoms with van der Waals surface area (Å²) >= 11 is 0. The van der Waals surface area contributed by atoms with Gasteiger partial charge in [0, 0.05) is 11.3 Å². The highest BCUT2D eigenvalue weighted by molar-refractivity contribution is 6.04. The molecule has 3 rings (SSSR count). The molecular formula is C16H12F3NO3. The molecule has 0 bridgehead atoms. The Kier molecular flexibility index (Phi) is 3.63. The van der Waals surface area contributed by atoms with Gasteiger partial charge in [0.05, 0.1) is 5.56 Å². The van der Waals surface area contributed by atoms with Crippen molar-refractivity contribution in [1.82, 2.24) is 0 Å². The minimum Gasteiger partial charge on any atom is -0.454 e. The van der Waals surface area contributed by atoms with Gasteiger partial charge in [-0.15, -0.1) is 0 Å². The first-order valence-corrected chi connectivity index (χ1v) is 6.73. The van der Waals surface area contributed by atoms with E-state index in [1.54, 1.807) is 6.07 Å². The number of amides is 1. The van der Waals surface area contributed by atoms with Crippen molar-refractivity contribution >= 4 is 11.6 Å². The normalized spacial score (nSPS) is 13.0. The SMILES string of the molecule is Cc1ccc(NC(=O)c2ccc3c(c2)OCO3)cc1C(F)(F)F. The number of rotatable bonds is 2. The van der Waals surface area contributed by atoms with Crippen LogP contribution in [0.15, 0.2) is 36.4 Å². The van der Waals surface area contributed by atoms with E-state index in [2.05, 4.69) is 5.32 Å². The lowest BCUT2D eigenvalue weighted by molar-refractivity contribution is -0.138. The third-order valence-corrected chi connectivity index (χ3v) is 3.44. The molecule has 1 heterocycles. The molecule has 1 amide bonds. The molecule has 7 heteroatoms. The van der Waals surface area contributed by atoms with Crippen LogP contribution in [0, 0.1) is 6.92 Å². The monoisotopic (exact) mass is 323 g/mol. The van der Waals surface area contributed by atoms with Gasteiger partial charge in [0.1, 0.15) is 0 Å². The quantitative estimate of drug-likeness (QED) is 0.909. The minimum atomic E-state index is -4.47. The second-order valence-corrected chi connectivity index (χ2v) is 5.05. The van der Waals surface area contributed by atoms with E-state index >= 15 is 0 Å². The van der Waals surface area contributed by atoms with E-state index in [-0.39, 0.29) is 23.6 Å². The first-order valence-electron chi connectivity index (χ1n) is 6.73. The van der Waals surface area contributed by atoms with Crippen LogP contribution in [0.25, 0.3) is 0 Å². The van der Waals surface area contributed by atoms with Gasteiger partial charge in [-0.1, -0.05) is 6.07 Å². The first-order chi connectivity index (χ1) is 10.8. The van der Waals surface area contributed by atoms with E-state index in [1.165, 1.54) is 31.2 Å². The minimum absolute atomic E-state index is 0.0746. The van der Waals surface area contributed by atoms with Gasteiger partial charge in [-0.05, 0) is 42.8 Å². The van der Waals surface area contributed by atoms with E-state index in [4.69, 9.17) is 9.47 Å². The summed E-state index contributed by atoms with van der Waals surface area (Å²) in [5.41, 5.74) is -0.339. The lowest BCUT2D eigenvalue weighted by Gasteiger charge is -2.13.